The minimum absolute atomic E-state index is 0.0398. The third-order valence-corrected chi connectivity index (χ3v) is 14.8. The highest BCUT2D eigenvalue weighted by atomic mass is 19.4. The van der Waals surface area contributed by atoms with E-state index in [0.717, 1.165) is 103 Å². The van der Waals surface area contributed by atoms with Gasteiger partial charge in [0.2, 0.25) is 17.7 Å². The van der Waals surface area contributed by atoms with Gasteiger partial charge in [0.15, 0.2) is 5.82 Å². The van der Waals surface area contributed by atoms with Gasteiger partial charge in [-0.3, -0.25) is 30.1 Å². The van der Waals surface area contributed by atoms with E-state index in [9.17, 15) is 46.6 Å². The number of likely N-dealkylation sites (N-methyl/N-ethyl adjacent to an activating group) is 1. The molecule has 3 aliphatic heterocycles. The number of halogens is 6. The maximum atomic E-state index is 13.5. The van der Waals surface area contributed by atoms with Gasteiger partial charge in [-0.05, 0) is 101 Å². The third kappa shape index (κ3) is 14.5. The van der Waals surface area contributed by atoms with Crippen LogP contribution in [0.3, 0.4) is 0 Å². The van der Waals surface area contributed by atoms with Crippen molar-refractivity contribution in [3.05, 3.63) is 97.6 Å². The lowest BCUT2D eigenvalue weighted by Gasteiger charge is -2.49. The molecule has 3 aromatic rings. The lowest BCUT2D eigenvalue weighted by molar-refractivity contribution is -0.431. The first kappa shape index (κ1) is 53.1. The van der Waals surface area contributed by atoms with Crippen molar-refractivity contribution in [2.45, 2.75) is 109 Å². The number of para-hydroxylation sites is 2. The van der Waals surface area contributed by atoms with Crippen molar-refractivity contribution >= 4 is 23.4 Å². The van der Waals surface area contributed by atoms with Crippen LogP contribution in [0.4, 0.5) is 43.8 Å². The molecule has 0 radical (unpaired) electrons. The molecule has 2 saturated carbocycles. The van der Waals surface area contributed by atoms with E-state index in [1.807, 2.05) is 0 Å². The minimum Gasteiger partial charge on any atom is -0.405 e. The van der Waals surface area contributed by atoms with E-state index in [2.05, 4.69) is 62.6 Å². The number of hydrazine groups is 1. The number of nitro groups is 2. The van der Waals surface area contributed by atoms with Gasteiger partial charge in [-0.25, -0.2) is 15.0 Å². The summed E-state index contributed by atoms with van der Waals surface area (Å²) < 4.78 is 87.9. The largest absolute Gasteiger partial charge is 0.573 e. The summed E-state index contributed by atoms with van der Waals surface area (Å²) in [7, 11) is 2.14. The molecule has 2 saturated heterocycles. The van der Waals surface area contributed by atoms with Crippen LogP contribution in [0.1, 0.15) is 81.8 Å². The number of alkyl halides is 6. The molecular weight excluding hydrogens is 969 g/mol. The van der Waals surface area contributed by atoms with Crippen molar-refractivity contribution in [3.63, 3.8) is 0 Å². The van der Waals surface area contributed by atoms with Crippen molar-refractivity contribution in [3.8, 4) is 11.5 Å². The highest BCUT2D eigenvalue weighted by Gasteiger charge is 2.42. The average molecular weight is 1030 g/mol. The summed E-state index contributed by atoms with van der Waals surface area (Å²) in [5, 5.41) is 41.4. The molecule has 398 valence electrons. The first-order valence-electron chi connectivity index (χ1n) is 25.0. The van der Waals surface area contributed by atoms with Gasteiger partial charge in [-0.15, -0.1) is 26.3 Å². The lowest BCUT2D eigenvalue weighted by atomic mass is 9.76. The molecule has 4 N–H and O–H groups in total. The van der Waals surface area contributed by atoms with E-state index >= 15 is 0 Å². The maximum Gasteiger partial charge on any atom is 0.573 e. The van der Waals surface area contributed by atoms with Crippen LogP contribution in [-0.2, 0) is 13.1 Å². The van der Waals surface area contributed by atoms with E-state index in [0.29, 0.717) is 31.6 Å². The van der Waals surface area contributed by atoms with Crippen LogP contribution in [0.5, 0.6) is 11.5 Å². The van der Waals surface area contributed by atoms with Crippen LogP contribution in [0.25, 0.3) is 0 Å². The molecular formula is C48H63F6N13O6. The number of piperidine rings is 1. The molecule has 19 nitrogen and oxygen atoms in total. The first-order valence-corrected chi connectivity index (χ1v) is 25.0. The molecule has 8 rings (SSSR count). The Morgan fingerprint density at radius 3 is 2.01 bits per heavy atom. The summed E-state index contributed by atoms with van der Waals surface area (Å²) in [5.41, 5.74) is -0.0800. The fourth-order valence-corrected chi connectivity index (χ4v) is 10.9. The second-order valence-electron chi connectivity index (χ2n) is 19.5. The number of nitrogens with one attached hydrogen (secondary N) is 4. The molecule has 0 bridgehead atoms. The molecule has 73 heavy (non-hydrogen) atoms. The van der Waals surface area contributed by atoms with Gasteiger partial charge in [-0.1, -0.05) is 42.8 Å². The average Bonchev–Trinajstić information content (AvgIpc) is 3.36. The Balaban J connectivity index is 0.942. The number of aromatic nitrogens is 2. The van der Waals surface area contributed by atoms with Gasteiger partial charge in [0.05, 0.1) is 16.4 Å². The Kier molecular flexibility index (Phi) is 17.3. The second-order valence-corrected chi connectivity index (χ2v) is 19.5. The molecule has 4 heterocycles. The number of guanidine groups is 1. The Morgan fingerprint density at radius 2 is 1.37 bits per heavy atom. The van der Waals surface area contributed by atoms with Crippen LogP contribution in [0.15, 0.2) is 71.2 Å². The zero-order chi connectivity index (χ0) is 51.7. The van der Waals surface area contributed by atoms with Crippen LogP contribution in [0.2, 0.25) is 0 Å². The van der Waals surface area contributed by atoms with Gasteiger partial charge in [-0.2, -0.15) is 4.98 Å². The minimum atomic E-state index is -4.93. The predicted molar refractivity (Wildman–Crippen MR) is 258 cm³/mol. The fraction of sp³-hybridized carbons (Fsp3) is 0.604. The molecule has 1 aromatic heterocycles. The number of aliphatic imine (C=N–C) groups is 1. The smallest absolute Gasteiger partial charge is 0.405 e. The quantitative estimate of drug-likeness (QED) is 0.0540. The molecule has 4 fully saturated rings. The highest BCUT2D eigenvalue weighted by Crippen LogP contribution is 2.39. The number of nitrogens with zero attached hydrogens (tertiary/aromatic N) is 9. The number of hydrogen-bond acceptors (Lipinski definition) is 15. The zero-order valence-electron chi connectivity index (χ0n) is 40.7. The molecule has 2 aliphatic carbocycles. The Hall–Kier alpha value is -6.21. The van der Waals surface area contributed by atoms with Gasteiger partial charge in [0.1, 0.15) is 24.2 Å². The number of rotatable bonds is 18. The van der Waals surface area contributed by atoms with Crippen molar-refractivity contribution in [2.24, 2.45) is 22.7 Å². The fourth-order valence-electron chi connectivity index (χ4n) is 10.9. The van der Waals surface area contributed by atoms with E-state index in [4.69, 9.17) is 4.99 Å². The standard InChI is InChI=1S/C48H63F6N13O6/c1-62-22-24-63(25-23-62)37-19-15-33(16-20-37)27-56-44-40(67(70)71)31-65(46(61-44)59-29-36-9-3-5-12-42(36)73-48(52,53)54)64-21-7-6-10-38(64)34-17-13-32(14-18-34)26-55-43-39(66(68)69)30-58-45(60-43)57-28-35-8-2-4-11-41(35)72-47(49,50)51/h2-5,8-9,11-12,30,32-34,37-38,56H,6-7,10,13-29,31H2,1H3,(H,59,61)(H2,55,57,58,60). The van der Waals surface area contributed by atoms with Crippen molar-refractivity contribution in [2.75, 3.05) is 70.0 Å². The summed E-state index contributed by atoms with van der Waals surface area (Å²) in [6, 6.07) is 11.8. The lowest BCUT2D eigenvalue weighted by Crippen LogP contribution is -2.62. The molecule has 1 unspecified atom stereocenters. The van der Waals surface area contributed by atoms with Crippen LogP contribution in [0, 0.1) is 38.0 Å². The van der Waals surface area contributed by atoms with E-state index in [1.165, 1.54) is 36.4 Å². The Labute approximate surface area is 419 Å². The van der Waals surface area contributed by atoms with Gasteiger partial charge in [0.25, 0.3) is 0 Å². The van der Waals surface area contributed by atoms with Crippen LogP contribution < -0.4 is 30.7 Å². The summed E-state index contributed by atoms with van der Waals surface area (Å²) in [4.78, 5) is 42.0. The van der Waals surface area contributed by atoms with Gasteiger partial charge < -0.3 is 35.6 Å². The predicted octanol–water partition coefficient (Wildman–Crippen LogP) is 8.08. The van der Waals surface area contributed by atoms with Crippen molar-refractivity contribution in [1.29, 1.82) is 0 Å². The van der Waals surface area contributed by atoms with E-state index in [1.54, 1.807) is 17.1 Å². The number of hydrogen-bond donors (Lipinski definition) is 4. The number of piperazine rings is 1. The molecule has 0 spiro atoms. The normalized spacial score (nSPS) is 24.5. The first-order chi connectivity index (χ1) is 35.0. The molecule has 0 amide bonds. The van der Waals surface area contributed by atoms with Crippen LogP contribution in [-0.4, -0.2) is 130 Å². The molecule has 25 heteroatoms. The van der Waals surface area contributed by atoms with Gasteiger partial charge in [0, 0.05) is 75.6 Å². The third-order valence-electron chi connectivity index (χ3n) is 14.8. The van der Waals surface area contributed by atoms with E-state index < -0.39 is 23.4 Å². The number of benzene rings is 2. The Morgan fingerprint density at radius 1 is 0.753 bits per heavy atom. The zero-order valence-corrected chi connectivity index (χ0v) is 40.7. The number of anilines is 2. The SMILES string of the molecule is CN1CCN(C2CCC(CNC3=C([N+](=O)[O-])CN(N4CCCCC4C4CCC(CNc5nc(NCc6ccccc6OC(F)(F)F)ncc5[N+](=O)[O-])CC4)C(=NCc4ccccc4OC(F)(F)F)N3)CC2)CC1. The second kappa shape index (κ2) is 23.8. The van der Waals surface area contributed by atoms with Crippen molar-refractivity contribution < 1.29 is 45.7 Å². The monoisotopic (exact) mass is 1030 g/mol. The van der Waals surface area contributed by atoms with Crippen LogP contribution >= 0.6 is 0 Å². The highest BCUT2D eigenvalue weighted by molar-refractivity contribution is 5.82. The number of ether oxygens (including phenoxy) is 2. The Bertz CT molecular complexity index is 2420. The summed E-state index contributed by atoms with van der Waals surface area (Å²) in [6.45, 7) is 5.14. The van der Waals surface area contributed by atoms with Gasteiger partial charge >= 0.3 is 24.1 Å². The summed E-state index contributed by atoms with van der Waals surface area (Å²) >= 11 is 0. The maximum absolute atomic E-state index is 13.5. The summed E-state index contributed by atoms with van der Waals surface area (Å²) in [5.74, 6) is 0.170. The molecule has 2 aromatic carbocycles. The summed E-state index contributed by atoms with van der Waals surface area (Å²) in [6.07, 6.45) is 0.868. The van der Waals surface area contributed by atoms with Crippen molar-refractivity contribution in [1.82, 2.24) is 40.4 Å². The van der Waals surface area contributed by atoms with E-state index in [-0.39, 0.29) is 94.2 Å². The molecule has 5 aliphatic rings. The topological polar surface area (TPSA) is 204 Å². The molecule has 1 atom stereocenters.